The van der Waals surface area contributed by atoms with Gasteiger partial charge in [0.25, 0.3) is 0 Å². The van der Waals surface area contributed by atoms with Gasteiger partial charge in [-0.15, -0.1) is 0 Å². The van der Waals surface area contributed by atoms with Crippen LogP contribution >= 0.6 is 0 Å². The highest BCUT2D eigenvalue weighted by Gasteiger charge is 2.29. The molecule has 1 fully saturated rings. The van der Waals surface area contributed by atoms with Gasteiger partial charge in [-0.3, -0.25) is 0 Å². The van der Waals surface area contributed by atoms with E-state index in [2.05, 4.69) is 5.10 Å². The molecule has 70 valence electrons. The van der Waals surface area contributed by atoms with Gasteiger partial charge in [0.05, 0.1) is 12.2 Å². The number of aliphatic hydroxyl groups is 1. The Morgan fingerprint density at radius 2 is 2.38 bits per heavy atom. The Morgan fingerprint density at radius 1 is 1.54 bits per heavy atom. The maximum atomic E-state index is 9.33. The highest BCUT2D eigenvalue weighted by molar-refractivity contribution is 5.23. The summed E-state index contributed by atoms with van der Waals surface area (Å²) in [6, 6.07) is 2.00. The Kier molecular flexibility index (Phi) is 1.41. The van der Waals surface area contributed by atoms with Crippen LogP contribution in [0.25, 0.3) is 0 Å². The summed E-state index contributed by atoms with van der Waals surface area (Å²) in [5.74, 6) is 1.46. The molecule has 2 heterocycles. The van der Waals surface area contributed by atoms with Gasteiger partial charge >= 0.3 is 0 Å². The van der Waals surface area contributed by atoms with Crippen LogP contribution in [-0.4, -0.2) is 27.6 Å². The Bertz CT molecular complexity index is 330. The van der Waals surface area contributed by atoms with Crippen LogP contribution in [0.4, 0.5) is 0 Å². The molecule has 4 heteroatoms. The molecule has 1 aliphatic heterocycles. The molecule has 0 aromatic carbocycles. The van der Waals surface area contributed by atoms with Crippen molar-refractivity contribution in [1.29, 1.82) is 0 Å². The van der Waals surface area contributed by atoms with Gasteiger partial charge in [0.15, 0.2) is 0 Å². The van der Waals surface area contributed by atoms with Crippen molar-refractivity contribution in [3.63, 3.8) is 0 Å². The van der Waals surface area contributed by atoms with Crippen molar-refractivity contribution >= 4 is 0 Å². The third kappa shape index (κ3) is 1.21. The minimum Gasteiger partial charge on any atom is -0.475 e. The lowest BCUT2D eigenvalue weighted by Gasteiger charge is -2.19. The minimum atomic E-state index is -0.403. The van der Waals surface area contributed by atoms with Crippen LogP contribution in [-0.2, 0) is 6.54 Å². The maximum Gasteiger partial charge on any atom is 0.212 e. The van der Waals surface area contributed by atoms with Gasteiger partial charge in [-0.05, 0) is 12.8 Å². The van der Waals surface area contributed by atoms with E-state index in [1.165, 1.54) is 12.8 Å². The summed E-state index contributed by atoms with van der Waals surface area (Å²) in [6.07, 6.45) is 2.09. The van der Waals surface area contributed by atoms with E-state index in [-0.39, 0.29) is 0 Å². The van der Waals surface area contributed by atoms with Crippen molar-refractivity contribution in [2.24, 2.45) is 0 Å². The largest absolute Gasteiger partial charge is 0.475 e. The van der Waals surface area contributed by atoms with Crippen LogP contribution in [0.1, 0.15) is 24.5 Å². The molecule has 0 radical (unpaired) electrons. The predicted octanol–water partition coefficient (Wildman–Crippen LogP) is 0.514. The first-order chi connectivity index (χ1) is 6.33. The van der Waals surface area contributed by atoms with E-state index in [0.717, 1.165) is 11.6 Å². The third-order valence-electron chi connectivity index (χ3n) is 2.56. The molecule has 2 aliphatic rings. The third-order valence-corrected chi connectivity index (χ3v) is 2.56. The van der Waals surface area contributed by atoms with E-state index in [0.29, 0.717) is 19.1 Å². The zero-order valence-electron chi connectivity index (χ0n) is 7.31. The van der Waals surface area contributed by atoms with E-state index in [4.69, 9.17) is 4.74 Å². The summed E-state index contributed by atoms with van der Waals surface area (Å²) in [5.41, 5.74) is 1.13. The normalized spacial score (nSPS) is 26.7. The van der Waals surface area contributed by atoms with Crippen LogP contribution in [0, 0.1) is 0 Å². The molecule has 3 rings (SSSR count). The molecule has 4 nitrogen and oxygen atoms in total. The first-order valence-electron chi connectivity index (χ1n) is 4.71. The molecule has 1 N–H and O–H groups in total. The fourth-order valence-electron chi connectivity index (χ4n) is 1.68. The highest BCUT2D eigenvalue weighted by Crippen LogP contribution is 2.40. The van der Waals surface area contributed by atoms with Crippen molar-refractivity contribution in [1.82, 2.24) is 9.78 Å². The average Bonchev–Trinajstić information content (AvgIpc) is 2.87. The number of nitrogens with zero attached hydrogens (tertiary/aromatic N) is 2. The Hall–Kier alpha value is -1.03. The smallest absolute Gasteiger partial charge is 0.212 e. The second kappa shape index (κ2) is 2.48. The van der Waals surface area contributed by atoms with Crippen molar-refractivity contribution < 1.29 is 9.84 Å². The summed E-state index contributed by atoms with van der Waals surface area (Å²) in [4.78, 5) is 0. The molecule has 1 saturated carbocycles. The van der Waals surface area contributed by atoms with Gasteiger partial charge in [-0.1, -0.05) is 0 Å². The quantitative estimate of drug-likeness (QED) is 0.685. The molecule has 1 aromatic rings. The summed E-state index contributed by atoms with van der Waals surface area (Å²) < 4.78 is 7.11. The van der Waals surface area contributed by atoms with Crippen LogP contribution in [0.15, 0.2) is 6.07 Å². The van der Waals surface area contributed by atoms with Crippen LogP contribution in [0.3, 0.4) is 0 Å². The number of aromatic nitrogens is 2. The Morgan fingerprint density at radius 3 is 3.15 bits per heavy atom. The lowest BCUT2D eigenvalue weighted by atomic mass is 10.3. The summed E-state index contributed by atoms with van der Waals surface area (Å²) in [6.45, 7) is 0.970. The Balaban J connectivity index is 1.93. The molecule has 0 unspecified atom stereocenters. The second-order valence-electron chi connectivity index (χ2n) is 3.83. The van der Waals surface area contributed by atoms with Gasteiger partial charge < -0.3 is 9.84 Å². The lowest BCUT2D eigenvalue weighted by Crippen LogP contribution is -2.29. The fourth-order valence-corrected chi connectivity index (χ4v) is 1.68. The molecular formula is C9H12N2O2. The van der Waals surface area contributed by atoms with E-state index in [9.17, 15) is 5.11 Å². The standard InChI is InChI=1S/C9H12N2O2/c12-7-4-11-9(13-5-7)3-8(10-11)6-1-2-6/h3,6-7,12H,1-2,4-5H2/t7-/m0/s1. The monoisotopic (exact) mass is 180 g/mol. The summed E-state index contributed by atoms with van der Waals surface area (Å²) in [7, 11) is 0. The lowest BCUT2D eigenvalue weighted by molar-refractivity contribution is 0.0557. The minimum absolute atomic E-state index is 0.399. The predicted molar refractivity (Wildman–Crippen MR) is 45.7 cm³/mol. The average molecular weight is 180 g/mol. The first-order valence-corrected chi connectivity index (χ1v) is 4.71. The SMILES string of the molecule is O[C@@H]1COc2cc(C3CC3)nn2C1. The number of fused-ring (bicyclic) bond motifs is 1. The first kappa shape index (κ1) is 7.38. The van der Waals surface area contributed by atoms with Gasteiger partial charge in [0.1, 0.15) is 12.7 Å². The fraction of sp³-hybridized carbons (Fsp3) is 0.667. The summed E-state index contributed by atoms with van der Waals surface area (Å²) >= 11 is 0. The molecule has 0 spiro atoms. The van der Waals surface area contributed by atoms with Gasteiger partial charge in [-0.25, -0.2) is 4.68 Å². The van der Waals surface area contributed by atoms with E-state index >= 15 is 0 Å². The highest BCUT2D eigenvalue weighted by atomic mass is 16.5. The number of aliphatic hydroxyl groups excluding tert-OH is 1. The van der Waals surface area contributed by atoms with Crippen LogP contribution in [0.5, 0.6) is 5.88 Å². The van der Waals surface area contributed by atoms with Crippen molar-refractivity contribution in [3.8, 4) is 5.88 Å². The maximum absolute atomic E-state index is 9.33. The summed E-state index contributed by atoms with van der Waals surface area (Å²) in [5, 5.41) is 13.7. The van der Waals surface area contributed by atoms with Gasteiger partial charge in [0, 0.05) is 12.0 Å². The molecule has 1 atom stereocenters. The van der Waals surface area contributed by atoms with Gasteiger partial charge in [-0.2, -0.15) is 5.10 Å². The van der Waals surface area contributed by atoms with Crippen molar-refractivity contribution in [2.45, 2.75) is 31.4 Å². The number of ether oxygens (including phenoxy) is 1. The second-order valence-corrected chi connectivity index (χ2v) is 3.83. The van der Waals surface area contributed by atoms with E-state index in [1.54, 1.807) is 4.68 Å². The number of rotatable bonds is 1. The molecule has 13 heavy (non-hydrogen) atoms. The van der Waals surface area contributed by atoms with Gasteiger partial charge in [0.2, 0.25) is 5.88 Å². The van der Waals surface area contributed by atoms with Crippen LogP contribution < -0.4 is 4.74 Å². The molecule has 1 aromatic heterocycles. The van der Waals surface area contributed by atoms with Crippen molar-refractivity contribution in [2.75, 3.05) is 6.61 Å². The van der Waals surface area contributed by atoms with E-state index in [1.807, 2.05) is 6.07 Å². The molecule has 1 aliphatic carbocycles. The van der Waals surface area contributed by atoms with Crippen molar-refractivity contribution in [3.05, 3.63) is 11.8 Å². The molecular weight excluding hydrogens is 168 g/mol. The topological polar surface area (TPSA) is 47.3 Å². The Labute approximate surface area is 76.1 Å². The number of hydrogen-bond donors (Lipinski definition) is 1. The number of hydrogen-bond acceptors (Lipinski definition) is 3. The molecule has 0 amide bonds. The zero-order chi connectivity index (χ0) is 8.84. The zero-order valence-corrected chi connectivity index (χ0v) is 7.31. The molecule has 0 saturated heterocycles. The molecule has 0 bridgehead atoms. The van der Waals surface area contributed by atoms with Crippen LogP contribution in [0.2, 0.25) is 0 Å². The van der Waals surface area contributed by atoms with E-state index < -0.39 is 6.10 Å².